The van der Waals surface area contributed by atoms with Crippen LogP contribution in [0.4, 0.5) is 0 Å². The van der Waals surface area contributed by atoms with E-state index in [0.717, 1.165) is 48.1 Å². The number of amides is 1. The van der Waals surface area contributed by atoms with Crippen molar-refractivity contribution in [3.8, 4) is 0 Å². The van der Waals surface area contributed by atoms with E-state index in [2.05, 4.69) is 46.1 Å². The van der Waals surface area contributed by atoms with Crippen LogP contribution in [0.2, 0.25) is 0 Å². The molecule has 2 aromatic heterocycles. The zero-order valence-electron chi connectivity index (χ0n) is 17.9. The van der Waals surface area contributed by atoms with Crippen molar-refractivity contribution in [2.75, 3.05) is 5.75 Å². The summed E-state index contributed by atoms with van der Waals surface area (Å²) < 4.78 is 7.59. The molecule has 0 aliphatic heterocycles. The standard InChI is InChI=1S/C22H29N5O2S/c1-21(2)15-8-9-22(21,3)17(11-15)23-24-18(28)13-30-20-26-25-19(14-6-7-14)27(20)12-16-5-4-10-29-16/h4-5,10,14-15H,6-9,11-13H2,1-3H3,(H,24,28). The molecule has 1 amide bonds. The number of nitrogens with zero attached hydrogens (tertiary/aromatic N) is 4. The second-order valence-electron chi connectivity index (χ2n) is 9.66. The van der Waals surface area contributed by atoms with Crippen LogP contribution in [0.1, 0.15) is 70.4 Å². The smallest absolute Gasteiger partial charge is 0.250 e. The van der Waals surface area contributed by atoms with Crippen LogP contribution in [0, 0.1) is 16.7 Å². The van der Waals surface area contributed by atoms with E-state index in [0.29, 0.717) is 18.4 Å². The summed E-state index contributed by atoms with van der Waals surface area (Å²) in [4.78, 5) is 12.5. The van der Waals surface area contributed by atoms with Gasteiger partial charge in [-0.2, -0.15) is 5.10 Å². The van der Waals surface area contributed by atoms with Gasteiger partial charge in [0.25, 0.3) is 5.91 Å². The predicted molar refractivity (Wildman–Crippen MR) is 115 cm³/mol. The lowest BCUT2D eigenvalue weighted by molar-refractivity contribution is -0.118. The Balaban J connectivity index is 1.23. The van der Waals surface area contributed by atoms with E-state index >= 15 is 0 Å². The highest BCUT2D eigenvalue weighted by Gasteiger charge is 2.60. The van der Waals surface area contributed by atoms with Crippen LogP contribution in [-0.4, -0.2) is 32.1 Å². The highest BCUT2D eigenvalue weighted by Crippen LogP contribution is 2.63. The Bertz CT molecular complexity index is 976. The van der Waals surface area contributed by atoms with Gasteiger partial charge in [0.2, 0.25) is 0 Å². The van der Waals surface area contributed by atoms with E-state index < -0.39 is 0 Å². The number of thioether (sulfide) groups is 1. The third-order valence-electron chi connectivity index (χ3n) is 7.74. The molecular formula is C22H29N5O2S. The molecule has 30 heavy (non-hydrogen) atoms. The number of carbonyl (C=O) groups excluding carboxylic acids is 1. The van der Waals surface area contributed by atoms with Crippen molar-refractivity contribution in [3.05, 3.63) is 30.0 Å². The average molecular weight is 428 g/mol. The molecule has 0 saturated heterocycles. The van der Waals surface area contributed by atoms with E-state index in [-0.39, 0.29) is 22.5 Å². The molecule has 1 N–H and O–H groups in total. The number of rotatable bonds is 7. The third kappa shape index (κ3) is 3.29. The summed E-state index contributed by atoms with van der Waals surface area (Å²) in [7, 11) is 0. The lowest BCUT2D eigenvalue weighted by Crippen LogP contribution is -2.34. The second kappa shape index (κ2) is 7.25. The van der Waals surface area contributed by atoms with Crippen LogP contribution in [0.25, 0.3) is 0 Å². The molecular weight excluding hydrogens is 398 g/mol. The van der Waals surface area contributed by atoms with E-state index in [4.69, 9.17) is 4.42 Å². The highest BCUT2D eigenvalue weighted by atomic mass is 32.2. The molecule has 3 saturated carbocycles. The van der Waals surface area contributed by atoms with E-state index in [1.807, 2.05) is 12.1 Å². The summed E-state index contributed by atoms with van der Waals surface area (Å²) in [6, 6.07) is 3.83. The van der Waals surface area contributed by atoms with E-state index in [1.165, 1.54) is 18.2 Å². The number of aromatic nitrogens is 3. The number of hydrogen-bond acceptors (Lipinski definition) is 6. The molecule has 3 aliphatic carbocycles. The first-order valence-corrected chi connectivity index (χ1v) is 11.8. The minimum atomic E-state index is -0.0998. The van der Waals surface area contributed by atoms with Crippen LogP contribution < -0.4 is 5.43 Å². The average Bonchev–Trinajstić information content (AvgIpc) is 3.12. The molecule has 3 fully saturated rings. The van der Waals surface area contributed by atoms with Gasteiger partial charge in [-0.1, -0.05) is 32.5 Å². The molecule has 2 heterocycles. The fraction of sp³-hybridized carbons (Fsp3) is 0.636. The Morgan fingerprint density at radius 1 is 1.33 bits per heavy atom. The van der Waals surface area contributed by atoms with Gasteiger partial charge in [0.05, 0.1) is 18.6 Å². The van der Waals surface area contributed by atoms with Crippen LogP contribution in [0.15, 0.2) is 33.1 Å². The number of fused-ring (bicyclic) bond motifs is 2. The normalized spacial score (nSPS) is 28.4. The van der Waals surface area contributed by atoms with Gasteiger partial charge in [-0.25, -0.2) is 5.43 Å². The van der Waals surface area contributed by atoms with Gasteiger partial charge < -0.3 is 4.42 Å². The molecule has 8 heteroatoms. The largest absolute Gasteiger partial charge is 0.467 e. The summed E-state index contributed by atoms with van der Waals surface area (Å²) in [5.41, 5.74) is 4.31. The first-order chi connectivity index (χ1) is 14.4. The SMILES string of the molecule is CC12CCC(CC1=NNC(=O)CSc1nnc(C3CC3)n1Cc1ccco1)C2(C)C. The van der Waals surface area contributed by atoms with Crippen molar-refractivity contribution in [3.63, 3.8) is 0 Å². The lowest BCUT2D eigenvalue weighted by atomic mass is 9.70. The van der Waals surface area contributed by atoms with Gasteiger partial charge in [-0.3, -0.25) is 9.36 Å². The van der Waals surface area contributed by atoms with Crippen molar-refractivity contribution in [2.45, 2.75) is 70.5 Å². The molecule has 7 nitrogen and oxygen atoms in total. The molecule has 2 atom stereocenters. The zero-order valence-corrected chi connectivity index (χ0v) is 18.7. The van der Waals surface area contributed by atoms with Gasteiger partial charge in [0, 0.05) is 17.0 Å². The first-order valence-electron chi connectivity index (χ1n) is 10.8. The molecule has 0 radical (unpaired) electrons. The maximum absolute atomic E-state index is 12.5. The van der Waals surface area contributed by atoms with Crippen LogP contribution in [-0.2, 0) is 11.3 Å². The maximum atomic E-state index is 12.5. The molecule has 0 aromatic carbocycles. The number of furan rings is 1. The Kier molecular flexibility index (Phi) is 4.80. The number of hydrazone groups is 1. The highest BCUT2D eigenvalue weighted by molar-refractivity contribution is 7.99. The molecule has 2 aromatic rings. The quantitative estimate of drug-likeness (QED) is 0.528. The van der Waals surface area contributed by atoms with Gasteiger partial charge in [-0.15, -0.1) is 10.2 Å². The van der Waals surface area contributed by atoms with Crippen molar-refractivity contribution < 1.29 is 9.21 Å². The van der Waals surface area contributed by atoms with Crippen molar-refractivity contribution in [1.82, 2.24) is 20.2 Å². The summed E-state index contributed by atoms with van der Waals surface area (Å²) in [5.74, 6) is 3.17. The van der Waals surface area contributed by atoms with E-state index in [1.54, 1.807) is 6.26 Å². The van der Waals surface area contributed by atoms with Gasteiger partial charge in [0.1, 0.15) is 11.6 Å². The second-order valence-corrected chi connectivity index (χ2v) is 10.6. The molecule has 5 rings (SSSR count). The Labute approximate surface area is 181 Å². The van der Waals surface area contributed by atoms with Crippen molar-refractivity contribution in [2.24, 2.45) is 21.8 Å². The summed E-state index contributed by atoms with van der Waals surface area (Å²) >= 11 is 1.41. The molecule has 3 aliphatic rings. The topological polar surface area (TPSA) is 85.3 Å². The van der Waals surface area contributed by atoms with Crippen LogP contribution in [0.5, 0.6) is 0 Å². The molecule has 2 unspecified atom stereocenters. The monoisotopic (exact) mass is 427 g/mol. The fourth-order valence-electron chi connectivity index (χ4n) is 5.15. The minimum Gasteiger partial charge on any atom is -0.467 e. The predicted octanol–water partition coefficient (Wildman–Crippen LogP) is 4.21. The van der Waals surface area contributed by atoms with Crippen LogP contribution >= 0.6 is 11.8 Å². The summed E-state index contributed by atoms with van der Waals surface area (Å²) in [6.07, 6.45) is 7.39. The number of hydrogen-bond donors (Lipinski definition) is 1. The number of nitrogens with one attached hydrogen (secondary N) is 1. The third-order valence-corrected chi connectivity index (χ3v) is 8.71. The maximum Gasteiger partial charge on any atom is 0.250 e. The minimum absolute atomic E-state index is 0.0977. The molecule has 0 spiro atoms. The van der Waals surface area contributed by atoms with Crippen molar-refractivity contribution in [1.29, 1.82) is 0 Å². The van der Waals surface area contributed by atoms with Gasteiger partial charge in [-0.05, 0) is 55.6 Å². The number of carbonyl (C=O) groups is 1. The first kappa shape index (κ1) is 19.8. The Morgan fingerprint density at radius 3 is 2.80 bits per heavy atom. The summed E-state index contributed by atoms with van der Waals surface area (Å²) in [6.45, 7) is 7.57. The Morgan fingerprint density at radius 2 is 2.17 bits per heavy atom. The molecule has 160 valence electrons. The lowest BCUT2D eigenvalue weighted by Gasteiger charge is -2.34. The fourth-order valence-corrected chi connectivity index (χ4v) is 5.88. The summed E-state index contributed by atoms with van der Waals surface area (Å²) in [5, 5.41) is 14.0. The van der Waals surface area contributed by atoms with Gasteiger partial charge >= 0.3 is 0 Å². The molecule has 2 bridgehead atoms. The van der Waals surface area contributed by atoms with Crippen molar-refractivity contribution >= 4 is 23.4 Å². The van der Waals surface area contributed by atoms with E-state index in [9.17, 15) is 4.79 Å². The van der Waals surface area contributed by atoms with Gasteiger partial charge in [0.15, 0.2) is 5.16 Å². The Hall–Kier alpha value is -2.09. The zero-order chi connectivity index (χ0) is 20.9. The van der Waals surface area contributed by atoms with Crippen LogP contribution in [0.3, 0.4) is 0 Å².